The smallest absolute Gasteiger partial charge is 0.266 e. The molecule has 0 aliphatic carbocycles. The highest BCUT2D eigenvalue weighted by Crippen LogP contribution is 2.25. The quantitative estimate of drug-likeness (QED) is 0.671. The van der Waals surface area contributed by atoms with Gasteiger partial charge in [0, 0.05) is 16.0 Å². The summed E-state index contributed by atoms with van der Waals surface area (Å²) in [5.41, 5.74) is 3.06. The van der Waals surface area contributed by atoms with Crippen LogP contribution in [0.25, 0.3) is 11.3 Å². The molecule has 1 unspecified atom stereocenters. The number of hydrogen-bond donors (Lipinski definition) is 1. The lowest BCUT2D eigenvalue weighted by atomic mass is 10.1. The van der Waals surface area contributed by atoms with Crippen molar-refractivity contribution in [2.45, 2.75) is 20.0 Å². The molecule has 128 valence electrons. The van der Waals surface area contributed by atoms with Crippen molar-refractivity contribution in [3.8, 4) is 17.0 Å². The van der Waals surface area contributed by atoms with E-state index in [1.807, 2.05) is 36.6 Å². The van der Waals surface area contributed by atoms with E-state index in [4.69, 9.17) is 16.3 Å². The number of nitrogens with one attached hydrogen (secondary N) is 1. The van der Waals surface area contributed by atoms with E-state index in [0.29, 0.717) is 15.9 Å². The highest BCUT2D eigenvalue weighted by molar-refractivity contribution is 7.14. The summed E-state index contributed by atoms with van der Waals surface area (Å²) in [4.78, 5) is 16.7. The largest absolute Gasteiger partial charge is 0.481 e. The number of benzene rings is 2. The average molecular weight is 373 g/mol. The van der Waals surface area contributed by atoms with Crippen molar-refractivity contribution < 1.29 is 9.53 Å². The van der Waals surface area contributed by atoms with Gasteiger partial charge in [0.2, 0.25) is 0 Å². The van der Waals surface area contributed by atoms with Crippen LogP contribution in [0.5, 0.6) is 5.75 Å². The van der Waals surface area contributed by atoms with E-state index >= 15 is 0 Å². The number of anilines is 1. The lowest BCUT2D eigenvalue weighted by Gasteiger charge is -2.13. The molecule has 4 nitrogen and oxygen atoms in total. The van der Waals surface area contributed by atoms with E-state index in [2.05, 4.69) is 10.3 Å². The highest BCUT2D eigenvalue weighted by atomic mass is 35.5. The molecule has 1 N–H and O–H groups in total. The third-order valence-corrected chi connectivity index (χ3v) is 4.59. The molecule has 1 aromatic heterocycles. The zero-order chi connectivity index (χ0) is 17.8. The topological polar surface area (TPSA) is 51.2 Å². The fourth-order valence-electron chi connectivity index (χ4n) is 2.17. The fourth-order valence-corrected chi connectivity index (χ4v) is 3.01. The summed E-state index contributed by atoms with van der Waals surface area (Å²) in [6.45, 7) is 3.73. The first-order valence-electron chi connectivity index (χ1n) is 7.77. The van der Waals surface area contributed by atoms with Crippen LogP contribution in [0.4, 0.5) is 5.13 Å². The number of ether oxygens (including phenoxy) is 1. The van der Waals surface area contributed by atoms with Gasteiger partial charge < -0.3 is 4.74 Å². The molecular weight excluding hydrogens is 356 g/mol. The normalized spacial score (nSPS) is 11.8. The Morgan fingerprint density at radius 2 is 1.84 bits per heavy atom. The van der Waals surface area contributed by atoms with Gasteiger partial charge in [-0.2, -0.15) is 0 Å². The first-order valence-corrected chi connectivity index (χ1v) is 9.03. The van der Waals surface area contributed by atoms with Gasteiger partial charge in [-0.25, -0.2) is 4.98 Å². The highest BCUT2D eigenvalue weighted by Gasteiger charge is 2.16. The third kappa shape index (κ3) is 4.59. The van der Waals surface area contributed by atoms with Gasteiger partial charge in [-0.1, -0.05) is 41.4 Å². The number of rotatable bonds is 5. The molecule has 0 aliphatic heterocycles. The summed E-state index contributed by atoms with van der Waals surface area (Å²) in [6, 6.07) is 15.0. The molecule has 0 spiro atoms. The Labute approximate surface area is 155 Å². The molecule has 1 atom stereocenters. The number of carbonyl (C=O) groups excluding carboxylic acids is 1. The Bertz CT molecular complexity index is 860. The van der Waals surface area contributed by atoms with Gasteiger partial charge in [0.05, 0.1) is 5.69 Å². The van der Waals surface area contributed by atoms with Gasteiger partial charge in [-0.3, -0.25) is 10.1 Å². The number of amides is 1. The summed E-state index contributed by atoms with van der Waals surface area (Å²) >= 11 is 7.22. The Hall–Kier alpha value is -2.37. The zero-order valence-electron chi connectivity index (χ0n) is 13.8. The van der Waals surface area contributed by atoms with Crippen LogP contribution in [0, 0.1) is 6.92 Å². The second kappa shape index (κ2) is 7.68. The molecule has 0 fully saturated rings. The van der Waals surface area contributed by atoms with Crippen molar-refractivity contribution in [3.63, 3.8) is 0 Å². The molecule has 0 aliphatic rings. The van der Waals surface area contributed by atoms with E-state index < -0.39 is 6.10 Å². The first-order chi connectivity index (χ1) is 12.0. The minimum absolute atomic E-state index is 0.250. The van der Waals surface area contributed by atoms with Crippen LogP contribution in [-0.4, -0.2) is 17.0 Å². The lowest BCUT2D eigenvalue weighted by Crippen LogP contribution is -2.30. The Morgan fingerprint density at radius 3 is 2.52 bits per heavy atom. The summed E-state index contributed by atoms with van der Waals surface area (Å²) < 4.78 is 5.61. The van der Waals surface area contributed by atoms with Crippen LogP contribution >= 0.6 is 22.9 Å². The minimum atomic E-state index is -0.645. The molecule has 25 heavy (non-hydrogen) atoms. The van der Waals surface area contributed by atoms with Crippen LogP contribution in [0.1, 0.15) is 12.5 Å². The molecule has 3 rings (SSSR count). The van der Waals surface area contributed by atoms with Gasteiger partial charge in [-0.15, -0.1) is 11.3 Å². The maximum Gasteiger partial charge on any atom is 0.266 e. The van der Waals surface area contributed by atoms with Crippen molar-refractivity contribution >= 4 is 34.0 Å². The standard InChI is InChI=1S/C19H17ClN2O2S/c1-12-3-5-14(6-4-12)17-11-25-19(21-17)22-18(23)13(2)24-16-9-7-15(20)8-10-16/h3-11,13H,1-2H3,(H,21,22,23). The second-order valence-corrected chi connectivity index (χ2v) is 6.90. The Balaban J connectivity index is 1.62. The van der Waals surface area contributed by atoms with Crippen molar-refractivity contribution in [1.29, 1.82) is 0 Å². The molecule has 2 aromatic carbocycles. The zero-order valence-corrected chi connectivity index (χ0v) is 15.4. The fraction of sp³-hybridized carbons (Fsp3) is 0.158. The molecule has 0 radical (unpaired) electrons. The molecule has 6 heteroatoms. The number of carbonyl (C=O) groups is 1. The Morgan fingerprint density at radius 1 is 1.16 bits per heavy atom. The van der Waals surface area contributed by atoms with Crippen LogP contribution in [0.15, 0.2) is 53.9 Å². The Kier molecular flexibility index (Phi) is 5.36. The molecular formula is C19H17ClN2O2S. The number of halogens is 1. The molecule has 3 aromatic rings. The second-order valence-electron chi connectivity index (χ2n) is 5.61. The van der Waals surface area contributed by atoms with Crippen LogP contribution in [0.2, 0.25) is 5.02 Å². The maximum atomic E-state index is 12.3. The van der Waals surface area contributed by atoms with Gasteiger partial charge in [-0.05, 0) is 38.1 Å². The van der Waals surface area contributed by atoms with Crippen molar-refractivity contribution in [1.82, 2.24) is 4.98 Å². The first kappa shape index (κ1) is 17.5. The maximum absolute atomic E-state index is 12.3. The van der Waals surface area contributed by atoms with Crippen molar-refractivity contribution in [2.75, 3.05) is 5.32 Å². The summed E-state index contributed by atoms with van der Waals surface area (Å²) in [5.74, 6) is 0.339. The van der Waals surface area contributed by atoms with Gasteiger partial charge in [0.15, 0.2) is 11.2 Å². The molecule has 0 saturated carbocycles. The lowest BCUT2D eigenvalue weighted by molar-refractivity contribution is -0.122. The number of thiazole rings is 1. The van der Waals surface area contributed by atoms with Gasteiger partial charge >= 0.3 is 0 Å². The molecule has 0 bridgehead atoms. The number of aryl methyl sites for hydroxylation is 1. The molecule has 1 heterocycles. The SMILES string of the molecule is Cc1ccc(-c2csc(NC(=O)C(C)Oc3ccc(Cl)cc3)n2)cc1. The van der Waals surface area contributed by atoms with Crippen LogP contribution < -0.4 is 10.1 Å². The number of aromatic nitrogens is 1. The van der Waals surface area contributed by atoms with E-state index in [1.165, 1.54) is 16.9 Å². The third-order valence-electron chi connectivity index (χ3n) is 3.58. The number of hydrogen-bond acceptors (Lipinski definition) is 4. The monoisotopic (exact) mass is 372 g/mol. The van der Waals surface area contributed by atoms with Gasteiger partial charge in [0.25, 0.3) is 5.91 Å². The summed E-state index contributed by atoms with van der Waals surface area (Å²) in [7, 11) is 0. The van der Waals surface area contributed by atoms with E-state index in [-0.39, 0.29) is 5.91 Å². The van der Waals surface area contributed by atoms with Crippen LogP contribution in [0.3, 0.4) is 0 Å². The minimum Gasteiger partial charge on any atom is -0.481 e. The van der Waals surface area contributed by atoms with E-state index in [9.17, 15) is 4.79 Å². The molecule has 1 amide bonds. The van der Waals surface area contributed by atoms with Crippen molar-refractivity contribution in [3.05, 3.63) is 64.5 Å². The summed E-state index contributed by atoms with van der Waals surface area (Å²) in [6.07, 6.45) is -0.645. The predicted octanol–water partition coefficient (Wildman–Crippen LogP) is 5.18. The van der Waals surface area contributed by atoms with Gasteiger partial charge in [0.1, 0.15) is 5.75 Å². The summed E-state index contributed by atoms with van der Waals surface area (Å²) in [5, 5.41) is 5.88. The van der Waals surface area contributed by atoms with Crippen molar-refractivity contribution in [2.24, 2.45) is 0 Å². The number of nitrogens with zero attached hydrogens (tertiary/aromatic N) is 1. The van der Waals surface area contributed by atoms with E-state index in [0.717, 1.165) is 11.3 Å². The average Bonchev–Trinajstić information content (AvgIpc) is 3.06. The predicted molar refractivity (Wildman–Crippen MR) is 102 cm³/mol. The molecule has 0 saturated heterocycles. The van der Waals surface area contributed by atoms with Crippen LogP contribution in [-0.2, 0) is 4.79 Å². The van der Waals surface area contributed by atoms with E-state index in [1.54, 1.807) is 31.2 Å².